The fraction of sp³-hybridized carbons (Fsp3) is 0.429. The Morgan fingerprint density at radius 2 is 1.41 bits per heavy atom. The predicted octanol–water partition coefficient (Wildman–Crippen LogP) is 1.47. The number of aryl methyl sites for hydroxylation is 1. The molecular formula is C42H51N15O7. The van der Waals surface area contributed by atoms with Crippen molar-refractivity contribution < 1.29 is 33.0 Å². The summed E-state index contributed by atoms with van der Waals surface area (Å²) < 4.78 is 29.4. The van der Waals surface area contributed by atoms with Gasteiger partial charge in [-0.1, -0.05) is 5.92 Å². The van der Waals surface area contributed by atoms with Crippen LogP contribution in [0.1, 0.15) is 35.2 Å². The monoisotopic (exact) mass is 877 g/mol. The number of nitrogens with two attached hydrogens (primary N) is 2. The minimum atomic E-state index is -0.276. The van der Waals surface area contributed by atoms with E-state index in [1.54, 1.807) is 23.1 Å². The maximum atomic E-state index is 12.5. The lowest BCUT2D eigenvalue weighted by Crippen LogP contribution is -2.47. The number of oxazole rings is 1. The average molecular weight is 878 g/mol. The summed E-state index contributed by atoms with van der Waals surface area (Å²) >= 11 is 0. The molecule has 0 aliphatic carbocycles. The molecule has 1 fully saturated rings. The molecule has 6 N–H and O–H groups in total. The Hall–Kier alpha value is -7.06. The number of nitrogen functional groups attached to an aromatic ring is 2. The number of nitrogens with one attached hydrogen (secondary N) is 2. The van der Waals surface area contributed by atoms with Crippen LogP contribution in [-0.4, -0.2) is 149 Å². The van der Waals surface area contributed by atoms with E-state index in [0.717, 1.165) is 18.4 Å². The molecule has 6 heterocycles. The number of benzene rings is 1. The molecule has 2 amide bonds. The van der Waals surface area contributed by atoms with E-state index in [2.05, 4.69) is 61.2 Å². The number of aromatic nitrogens is 9. The van der Waals surface area contributed by atoms with E-state index >= 15 is 0 Å². The zero-order chi connectivity index (χ0) is 44.5. The number of anilines is 4. The highest BCUT2D eigenvalue weighted by Crippen LogP contribution is 2.32. The Morgan fingerprint density at radius 1 is 0.766 bits per heavy atom. The van der Waals surface area contributed by atoms with E-state index in [0.29, 0.717) is 155 Å². The van der Waals surface area contributed by atoms with Gasteiger partial charge in [-0.05, 0) is 31.0 Å². The van der Waals surface area contributed by atoms with Crippen LogP contribution in [0.3, 0.4) is 0 Å². The summed E-state index contributed by atoms with van der Waals surface area (Å²) in [6, 6.07) is 5.59. The van der Waals surface area contributed by atoms with Gasteiger partial charge in [0.25, 0.3) is 11.9 Å². The molecule has 6 aromatic rings. The highest BCUT2D eigenvalue weighted by atomic mass is 16.6. The van der Waals surface area contributed by atoms with Gasteiger partial charge in [0.05, 0.1) is 69.4 Å². The number of fused-ring (bicyclic) bond motifs is 2. The normalized spacial score (nSPS) is 12.8. The van der Waals surface area contributed by atoms with Crippen molar-refractivity contribution in [1.29, 1.82) is 0 Å². The summed E-state index contributed by atoms with van der Waals surface area (Å²) in [5, 5.41) is 11.2. The van der Waals surface area contributed by atoms with Crippen LogP contribution in [0.5, 0.6) is 0 Å². The third-order valence-corrected chi connectivity index (χ3v) is 10.0. The quantitative estimate of drug-likeness (QED) is 0.0495. The second kappa shape index (κ2) is 22.9. The molecule has 0 radical (unpaired) electrons. The molecule has 22 nitrogen and oxygen atoms in total. The molecule has 22 heteroatoms. The number of amides is 2. The molecule has 1 aromatic carbocycles. The first-order valence-electron chi connectivity index (χ1n) is 21.0. The fourth-order valence-corrected chi connectivity index (χ4v) is 6.72. The Morgan fingerprint density at radius 3 is 2.08 bits per heavy atom. The molecule has 0 bridgehead atoms. The van der Waals surface area contributed by atoms with E-state index in [1.165, 1.54) is 18.7 Å². The lowest BCUT2D eigenvalue weighted by Gasteiger charge is -2.34. The van der Waals surface area contributed by atoms with Crippen molar-refractivity contribution >= 4 is 57.7 Å². The Bertz CT molecular complexity index is 2480. The van der Waals surface area contributed by atoms with Gasteiger partial charge in [0.15, 0.2) is 11.2 Å². The molecule has 1 saturated heterocycles. The van der Waals surface area contributed by atoms with E-state index in [-0.39, 0.29) is 24.2 Å². The number of carbonyl (C=O) groups excluding carboxylic acids is 2. The first-order valence-corrected chi connectivity index (χ1v) is 21.0. The first-order chi connectivity index (χ1) is 31.4. The maximum Gasteiger partial charge on any atom is 0.292 e. The van der Waals surface area contributed by atoms with E-state index in [9.17, 15) is 9.59 Å². The van der Waals surface area contributed by atoms with Crippen molar-refractivity contribution in [2.24, 2.45) is 0 Å². The van der Waals surface area contributed by atoms with Gasteiger partial charge in [-0.25, -0.2) is 34.6 Å². The summed E-state index contributed by atoms with van der Waals surface area (Å²) in [6.07, 6.45) is 14.9. The maximum absolute atomic E-state index is 12.5. The van der Waals surface area contributed by atoms with Crippen LogP contribution in [-0.2, 0) is 30.3 Å². The van der Waals surface area contributed by atoms with E-state index in [1.807, 2.05) is 12.1 Å². The van der Waals surface area contributed by atoms with Gasteiger partial charge in [0.2, 0.25) is 17.8 Å². The molecule has 0 unspecified atom stereocenters. The van der Waals surface area contributed by atoms with Crippen molar-refractivity contribution in [3.05, 3.63) is 60.4 Å². The van der Waals surface area contributed by atoms with Gasteiger partial charge in [-0.3, -0.25) is 9.59 Å². The largest absolute Gasteiger partial charge is 0.424 e. The SMILES string of the molecule is C#Cc1cnc(N2CCN(c3ncc(C(=O)NCCOCCOCCOCCOCCC(=O)NCCCCn4nc(-c5ccc6oc(N)nc6c5)c5c(N)ncnc54)cn3)CC2)nc1. The van der Waals surface area contributed by atoms with Crippen LogP contribution in [0.25, 0.3) is 33.4 Å². The van der Waals surface area contributed by atoms with Gasteiger partial charge in [0.1, 0.15) is 23.4 Å². The third kappa shape index (κ3) is 12.3. The van der Waals surface area contributed by atoms with Crippen molar-refractivity contribution in [3.8, 4) is 23.6 Å². The summed E-state index contributed by atoms with van der Waals surface area (Å²) in [4.78, 5) is 59.3. The smallest absolute Gasteiger partial charge is 0.292 e. The van der Waals surface area contributed by atoms with E-state index < -0.39 is 0 Å². The number of terminal acetylenes is 1. The number of ether oxygens (including phenoxy) is 4. The first kappa shape index (κ1) is 45.0. The number of nitrogens with zero attached hydrogens (tertiary/aromatic N) is 11. The van der Waals surface area contributed by atoms with Crippen LogP contribution >= 0.6 is 0 Å². The molecular weight excluding hydrogens is 827 g/mol. The summed E-state index contributed by atoms with van der Waals surface area (Å²) in [5.74, 6) is 3.69. The number of unbranched alkanes of at least 4 members (excludes halogenated alkanes) is 1. The van der Waals surface area contributed by atoms with Crippen molar-refractivity contribution in [2.45, 2.75) is 25.8 Å². The Balaban J connectivity index is 0.653. The lowest BCUT2D eigenvalue weighted by atomic mass is 10.1. The van der Waals surface area contributed by atoms with Gasteiger partial charge in [0, 0.05) is 82.6 Å². The fourth-order valence-electron chi connectivity index (χ4n) is 6.72. The molecule has 5 aromatic heterocycles. The number of rotatable bonds is 24. The van der Waals surface area contributed by atoms with E-state index in [4.69, 9.17) is 46.4 Å². The second-order valence-electron chi connectivity index (χ2n) is 14.4. The van der Waals surface area contributed by atoms with Crippen LogP contribution in [0.15, 0.2) is 53.7 Å². The van der Waals surface area contributed by atoms with Gasteiger partial charge < -0.3 is 55.3 Å². The van der Waals surface area contributed by atoms with Crippen LogP contribution < -0.4 is 31.9 Å². The topological polar surface area (TPSA) is 275 Å². The summed E-state index contributed by atoms with van der Waals surface area (Å²) in [5.41, 5.74) is 16.2. The zero-order valence-corrected chi connectivity index (χ0v) is 35.4. The summed E-state index contributed by atoms with van der Waals surface area (Å²) in [6.45, 7) is 7.16. The zero-order valence-electron chi connectivity index (χ0n) is 35.4. The number of hydrogen-bond donors (Lipinski definition) is 4. The van der Waals surface area contributed by atoms with Crippen molar-refractivity contribution in [1.82, 2.24) is 55.3 Å². The molecule has 1 aliphatic rings. The lowest BCUT2D eigenvalue weighted by molar-refractivity contribution is -0.122. The Labute approximate surface area is 368 Å². The number of carbonyl (C=O) groups is 2. The predicted molar refractivity (Wildman–Crippen MR) is 236 cm³/mol. The Kier molecular flexibility index (Phi) is 16.1. The number of piperazine rings is 1. The highest BCUT2D eigenvalue weighted by Gasteiger charge is 2.22. The van der Waals surface area contributed by atoms with Gasteiger partial charge in [-0.2, -0.15) is 10.1 Å². The molecule has 0 atom stereocenters. The third-order valence-electron chi connectivity index (χ3n) is 10.0. The minimum absolute atomic E-state index is 0.0850. The van der Waals surface area contributed by atoms with Crippen LogP contribution in [0, 0.1) is 12.3 Å². The van der Waals surface area contributed by atoms with Gasteiger partial charge >= 0.3 is 0 Å². The summed E-state index contributed by atoms with van der Waals surface area (Å²) in [7, 11) is 0. The average Bonchev–Trinajstić information content (AvgIpc) is 3.90. The molecule has 7 rings (SSSR count). The van der Waals surface area contributed by atoms with Crippen LogP contribution in [0.2, 0.25) is 0 Å². The minimum Gasteiger partial charge on any atom is -0.424 e. The van der Waals surface area contributed by atoms with Crippen molar-refractivity contribution in [2.75, 3.05) is 113 Å². The second-order valence-corrected chi connectivity index (χ2v) is 14.4. The highest BCUT2D eigenvalue weighted by molar-refractivity contribution is 5.99. The molecule has 0 saturated carbocycles. The van der Waals surface area contributed by atoms with Crippen LogP contribution in [0.4, 0.5) is 23.7 Å². The molecule has 64 heavy (non-hydrogen) atoms. The molecule has 1 aliphatic heterocycles. The van der Waals surface area contributed by atoms with Gasteiger partial charge in [-0.15, -0.1) is 6.42 Å². The molecule has 336 valence electrons. The standard InChI is InChI=1S/C42H51N15O7/c1-2-29-24-47-41(48-25-29)55-11-13-56(14-12-55)42-49-26-31(27-50-42)39(59)46-9-16-61-18-20-63-22-21-62-19-17-60-15-7-34(58)45-8-3-4-10-57-38-35(37(43)51-28-52-38)36(54-57)30-5-6-33-32(23-30)53-40(44)64-33/h1,5-6,23-28H,3-4,7-22H2,(H2,44,53)(H,45,58)(H,46,59)(H2,43,51,52). The van der Waals surface area contributed by atoms with Crippen molar-refractivity contribution in [3.63, 3.8) is 0 Å². The molecule has 0 spiro atoms. The number of hydrogen-bond acceptors (Lipinski definition) is 19.